The fourth-order valence-corrected chi connectivity index (χ4v) is 5.38. The molecule has 2 heterocycles. The van der Waals surface area contributed by atoms with Crippen LogP contribution in [-0.2, 0) is 13.0 Å². The number of aryl methyl sites for hydroxylation is 1. The number of nitrogens with zero attached hydrogens (tertiary/aromatic N) is 2. The molecule has 2 aromatic heterocycles. The van der Waals surface area contributed by atoms with Crippen LogP contribution in [-0.4, -0.2) is 27.9 Å². The Morgan fingerprint density at radius 1 is 1.19 bits per heavy atom. The van der Waals surface area contributed by atoms with Gasteiger partial charge in [-0.3, -0.25) is 9.51 Å². The van der Waals surface area contributed by atoms with Crippen LogP contribution in [0.2, 0.25) is 0 Å². The summed E-state index contributed by atoms with van der Waals surface area (Å²) in [6, 6.07) is 1.73. The summed E-state index contributed by atoms with van der Waals surface area (Å²) >= 11 is 1.29. The molecule has 1 saturated carbocycles. The molecule has 36 heavy (non-hydrogen) atoms. The highest BCUT2D eigenvalue weighted by molar-refractivity contribution is 7.11. The molecule has 1 aromatic carbocycles. The van der Waals surface area contributed by atoms with Gasteiger partial charge in [0, 0.05) is 12.0 Å². The molecule has 1 fully saturated rings. The number of hydrogen-bond donors (Lipinski definition) is 1. The Bertz CT molecular complexity index is 1250. The van der Waals surface area contributed by atoms with E-state index in [1.807, 2.05) is 6.92 Å². The molecule has 0 amide bonds. The fraction of sp³-hybridized carbons (Fsp3) is 0.500. The molecule has 0 unspecified atom stereocenters. The first-order valence-electron chi connectivity index (χ1n) is 11.1. The summed E-state index contributed by atoms with van der Waals surface area (Å²) in [6.07, 6.45) is -2.85. The summed E-state index contributed by atoms with van der Waals surface area (Å²) in [5.41, 5.74) is 0.406. The summed E-state index contributed by atoms with van der Waals surface area (Å²) in [4.78, 5) is 18.6. The average Bonchev–Trinajstić information content (AvgIpc) is 3.44. The Balaban J connectivity index is 1.52. The predicted molar refractivity (Wildman–Crippen MR) is 116 cm³/mol. The second kappa shape index (κ2) is 10.5. The van der Waals surface area contributed by atoms with Crippen molar-refractivity contribution in [2.75, 3.05) is 0 Å². The molecule has 1 aliphatic rings. The maximum atomic E-state index is 14.8. The fourth-order valence-electron chi connectivity index (χ4n) is 4.15. The van der Waals surface area contributed by atoms with Crippen molar-refractivity contribution in [2.45, 2.75) is 64.3 Å². The quantitative estimate of drug-likeness (QED) is 0.344. The summed E-state index contributed by atoms with van der Waals surface area (Å²) in [6.45, 7) is -1.53. The molecule has 0 radical (unpaired) electrons. The Kier molecular flexibility index (Phi) is 7.62. The van der Waals surface area contributed by atoms with Crippen LogP contribution in [0.5, 0.6) is 11.5 Å². The number of ether oxygens (including phenoxy) is 2. The predicted octanol–water partition coefficient (Wildman–Crippen LogP) is 6.20. The summed E-state index contributed by atoms with van der Waals surface area (Å²) < 4.78 is 93.9. The van der Waals surface area contributed by atoms with Crippen molar-refractivity contribution in [1.29, 1.82) is 0 Å². The van der Waals surface area contributed by atoms with Crippen LogP contribution in [0.25, 0.3) is 11.4 Å². The lowest BCUT2D eigenvalue weighted by Gasteiger charge is -2.28. The van der Waals surface area contributed by atoms with Gasteiger partial charge in [0.25, 0.3) is 0 Å². The molecule has 0 aliphatic heterocycles. The molecule has 0 atom stereocenters. The maximum absolute atomic E-state index is 14.8. The van der Waals surface area contributed by atoms with Gasteiger partial charge in [-0.2, -0.15) is 22.0 Å². The number of hydrogen-bond acceptors (Lipinski definition) is 7. The van der Waals surface area contributed by atoms with Gasteiger partial charge in [-0.15, -0.1) is 11.3 Å². The van der Waals surface area contributed by atoms with Crippen LogP contribution in [0.3, 0.4) is 0 Å². The smallest absolute Gasteiger partial charge is 0.439 e. The van der Waals surface area contributed by atoms with E-state index in [9.17, 15) is 31.1 Å². The van der Waals surface area contributed by atoms with Gasteiger partial charge in [0.05, 0.1) is 27.1 Å². The van der Waals surface area contributed by atoms with E-state index in [2.05, 4.69) is 24.4 Å². The van der Waals surface area contributed by atoms with Crippen LogP contribution in [0, 0.1) is 11.7 Å². The van der Waals surface area contributed by atoms with Gasteiger partial charge in [0.2, 0.25) is 0 Å². The van der Waals surface area contributed by atoms with Crippen molar-refractivity contribution in [1.82, 2.24) is 15.1 Å². The normalized spacial score (nSPS) is 18.6. The number of halogens is 6. The summed E-state index contributed by atoms with van der Waals surface area (Å²) in [5.74, 6) is -4.47. The molecular formula is C22H21F6N3O4S. The van der Waals surface area contributed by atoms with Gasteiger partial charge in [0.1, 0.15) is 12.4 Å². The molecule has 1 N–H and O–H groups in total. The molecule has 196 valence electrons. The SMILES string of the molecule is CCc1nc([C@H]2CC[C@H](C(F)(F)F)CC2)sc1COc1cc(OC(F)F)c(-c2noc(=O)[nH]2)cc1F. The van der Waals surface area contributed by atoms with Crippen molar-refractivity contribution in [3.8, 4) is 22.9 Å². The van der Waals surface area contributed by atoms with Gasteiger partial charge in [-0.05, 0) is 38.2 Å². The molecular weight excluding hydrogens is 516 g/mol. The molecule has 0 spiro atoms. The number of aromatic amines is 1. The van der Waals surface area contributed by atoms with E-state index >= 15 is 0 Å². The lowest BCUT2D eigenvalue weighted by Crippen LogP contribution is -2.27. The molecule has 3 aromatic rings. The zero-order valence-electron chi connectivity index (χ0n) is 18.8. The highest BCUT2D eigenvalue weighted by Crippen LogP contribution is 2.44. The van der Waals surface area contributed by atoms with Crippen LogP contribution < -0.4 is 15.2 Å². The zero-order chi connectivity index (χ0) is 26.0. The Labute approximate surface area is 204 Å². The average molecular weight is 537 g/mol. The van der Waals surface area contributed by atoms with Crippen molar-refractivity contribution in [3.05, 3.63) is 44.1 Å². The number of benzene rings is 1. The monoisotopic (exact) mass is 537 g/mol. The first-order chi connectivity index (χ1) is 17.0. The Morgan fingerprint density at radius 3 is 2.50 bits per heavy atom. The van der Waals surface area contributed by atoms with Crippen molar-refractivity contribution in [3.63, 3.8) is 0 Å². The minimum Gasteiger partial charge on any atom is -0.485 e. The van der Waals surface area contributed by atoms with E-state index in [0.29, 0.717) is 34.8 Å². The zero-order valence-corrected chi connectivity index (χ0v) is 19.6. The third kappa shape index (κ3) is 5.85. The molecule has 0 bridgehead atoms. The number of nitrogens with one attached hydrogen (secondary N) is 1. The second-order valence-electron chi connectivity index (χ2n) is 8.26. The van der Waals surface area contributed by atoms with Crippen LogP contribution in [0.15, 0.2) is 21.5 Å². The number of H-pyrrole nitrogens is 1. The number of rotatable bonds is 8. The van der Waals surface area contributed by atoms with Gasteiger partial charge in [-0.25, -0.2) is 14.2 Å². The van der Waals surface area contributed by atoms with Crippen LogP contribution in [0.4, 0.5) is 26.3 Å². The minimum absolute atomic E-state index is 0.0439. The van der Waals surface area contributed by atoms with E-state index in [1.54, 1.807) is 0 Å². The van der Waals surface area contributed by atoms with Crippen molar-refractivity contribution in [2.24, 2.45) is 5.92 Å². The first kappa shape index (κ1) is 26.0. The van der Waals surface area contributed by atoms with Crippen molar-refractivity contribution < 1.29 is 40.3 Å². The topological polar surface area (TPSA) is 90.2 Å². The largest absolute Gasteiger partial charge is 0.485 e. The summed E-state index contributed by atoms with van der Waals surface area (Å²) in [5, 5.41) is 4.07. The van der Waals surface area contributed by atoms with Crippen LogP contribution >= 0.6 is 11.3 Å². The standard InChI is InChI=1S/C22H21F6N3O4S/c1-2-14-17(36-19(29-14)10-3-5-11(6-4-10)22(26,27)28)9-33-16-8-15(34-20(24)25)12(7-13(16)23)18-30-21(32)35-31-18/h7-8,10-11,20H,2-6,9H2,1H3,(H,30,31,32)/t10-,11-. The Hall–Kier alpha value is -3.03. The van der Waals surface area contributed by atoms with Crippen LogP contribution in [0.1, 0.15) is 54.1 Å². The van der Waals surface area contributed by atoms with E-state index in [4.69, 9.17) is 4.74 Å². The van der Waals surface area contributed by atoms with Crippen molar-refractivity contribution >= 4 is 11.3 Å². The molecule has 7 nitrogen and oxygen atoms in total. The van der Waals surface area contributed by atoms with Gasteiger partial charge in [0.15, 0.2) is 17.4 Å². The molecule has 0 saturated heterocycles. The highest BCUT2D eigenvalue weighted by atomic mass is 32.1. The number of aromatic nitrogens is 3. The van der Waals surface area contributed by atoms with E-state index < -0.39 is 36.0 Å². The highest BCUT2D eigenvalue weighted by Gasteiger charge is 2.42. The number of alkyl halides is 5. The molecule has 1 aliphatic carbocycles. The molecule has 14 heteroatoms. The maximum Gasteiger partial charge on any atom is 0.439 e. The lowest BCUT2D eigenvalue weighted by atomic mass is 9.82. The van der Waals surface area contributed by atoms with Gasteiger partial charge in [-0.1, -0.05) is 12.1 Å². The number of thiazole rings is 1. The minimum atomic E-state index is -4.20. The van der Waals surface area contributed by atoms with Gasteiger partial charge < -0.3 is 9.47 Å². The van der Waals surface area contributed by atoms with E-state index in [1.165, 1.54) is 11.3 Å². The van der Waals surface area contributed by atoms with Gasteiger partial charge >= 0.3 is 18.5 Å². The third-order valence-electron chi connectivity index (χ3n) is 5.97. The molecule has 4 rings (SSSR count). The second-order valence-corrected chi connectivity index (χ2v) is 9.37. The lowest BCUT2D eigenvalue weighted by molar-refractivity contribution is -0.182. The third-order valence-corrected chi connectivity index (χ3v) is 7.21. The summed E-state index contributed by atoms with van der Waals surface area (Å²) in [7, 11) is 0. The van der Waals surface area contributed by atoms with E-state index in [-0.39, 0.29) is 42.5 Å². The first-order valence-corrected chi connectivity index (χ1v) is 11.9. The Morgan fingerprint density at radius 2 is 1.92 bits per heavy atom. The van der Waals surface area contributed by atoms with E-state index in [0.717, 1.165) is 12.1 Å².